The molecule has 1 heterocycles. The number of carbonyl (C=O) groups is 1. The molecule has 0 aliphatic carbocycles. The predicted molar refractivity (Wildman–Crippen MR) is 83.5 cm³/mol. The average Bonchev–Trinajstić information content (AvgIpc) is 2.93. The van der Waals surface area contributed by atoms with Gasteiger partial charge < -0.3 is 10.6 Å². The molecular weight excluding hydrogens is 324 g/mol. The molecule has 0 aliphatic heterocycles. The molecule has 100 valence electrons. The first-order valence-electron chi connectivity index (χ1n) is 5.97. The van der Waals surface area contributed by atoms with E-state index in [-0.39, 0.29) is 11.9 Å². The Bertz CT molecular complexity index is 525. The molecule has 0 spiro atoms. The molecular formula is C14H15BrN2OS. The Morgan fingerprint density at radius 2 is 2.05 bits per heavy atom. The Hall–Kier alpha value is -1.17. The molecule has 2 aromatic rings. The van der Waals surface area contributed by atoms with Crippen LogP contribution in [0.1, 0.15) is 17.8 Å². The van der Waals surface area contributed by atoms with Crippen molar-refractivity contribution in [3.63, 3.8) is 0 Å². The van der Waals surface area contributed by atoms with Crippen LogP contribution in [0, 0.1) is 0 Å². The molecule has 0 unspecified atom stereocenters. The van der Waals surface area contributed by atoms with E-state index in [1.54, 1.807) is 11.3 Å². The zero-order valence-electron chi connectivity index (χ0n) is 10.5. The highest BCUT2D eigenvalue weighted by molar-refractivity contribution is 9.10. The smallest absolute Gasteiger partial charge is 0.238 e. The first-order valence-corrected chi connectivity index (χ1v) is 7.64. The first kappa shape index (κ1) is 14.2. The van der Waals surface area contributed by atoms with Gasteiger partial charge in [-0.15, -0.1) is 11.3 Å². The van der Waals surface area contributed by atoms with E-state index < -0.39 is 0 Å². The maximum Gasteiger partial charge on any atom is 0.238 e. The van der Waals surface area contributed by atoms with Crippen LogP contribution in [0.25, 0.3) is 0 Å². The van der Waals surface area contributed by atoms with Crippen molar-refractivity contribution in [2.45, 2.75) is 13.0 Å². The molecule has 0 fully saturated rings. The Balaban J connectivity index is 1.80. The Labute approximate surface area is 125 Å². The summed E-state index contributed by atoms with van der Waals surface area (Å²) in [7, 11) is 0. The lowest BCUT2D eigenvalue weighted by molar-refractivity contribution is -0.115. The van der Waals surface area contributed by atoms with Gasteiger partial charge in [0.05, 0.1) is 6.54 Å². The van der Waals surface area contributed by atoms with Gasteiger partial charge in [0.1, 0.15) is 0 Å². The summed E-state index contributed by atoms with van der Waals surface area (Å²) in [5.74, 6) is -0.0364. The third-order valence-corrected chi connectivity index (χ3v) is 4.25. The maximum atomic E-state index is 11.8. The normalized spacial score (nSPS) is 12.1. The molecule has 2 N–H and O–H groups in total. The summed E-state index contributed by atoms with van der Waals surface area (Å²) in [5.41, 5.74) is 0.804. The molecule has 5 heteroatoms. The largest absolute Gasteiger partial charge is 0.325 e. The zero-order chi connectivity index (χ0) is 13.7. The Morgan fingerprint density at radius 1 is 1.32 bits per heavy atom. The second kappa shape index (κ2) is 6.84. The topological polar surface area (TPSA) is 41.1 Å². The Kier molecular flexibility index (Phi) is 5.13. The molecule has 2 rings (SSSR count). The van der Waals surface area contributed by atoms with Crippen LogP contribution < -0.4 is 10.6 Å². The monoisotopic (exact) mass is 338 g/mol. The number of thiophene rings is 1. The molecule has 0 aliphatic rings. The van der Waals surface area contributed by atoms with Gasteiger partial charge >= 0.3 is 0 Å². The maximum absolute atomic E-state index is 11.8. The van der Waals surface area contributed by atoms with Crippen molar-refractivity contribution in [2.75, 3.05) is 11.9 Å². The fourth-order valence-electron chi connectivity index (χ4n) is 1.62. The van der Waals surface area contributed by atoms with Crippen molar-refractivity contribution in [1.82, 2.24) is 5.32 Å². The number of hydrogen-bond donors (Lipinski definition) is 2. The minimum absolute atomic E-state index is 0.0364. The highest BCUT2D eigenvalue weighted by atomic mass is 79.9. The van der Waals surface area contributed by atoms with Crippen molar-refractivity contribution >= 4 is 38.9 Å². The summed E-state index contributed by atoms with van der Waals surface area (Å²) in [6.07, 6.45) is 0. The summed E-state index contributed by atoms with van der Waals surface area (Å²) in [6, 6.07) is 11.8. The summed E-state index contributed by atoms with van der Waals surface area (Å²) in [4.78, 5) is 13.0. The third kappa shape index (κ3) is 4.45. The number of amides is 1. The van der Waals surface area contributed by atoms with E-state index in [1.807, 2.05) is 35.7 Å². The number of benzene rings is 1. The highest BCUT2D eigenvalue weighted by Crippen LogP contribution is 2.18. The predicted octanol–water partition coefficient (Wildman–Crippen LogP) is 3.80. The summed E-state index contributed by atoms with van der Waals surface area (Å²) in [5, 5.41) is 8.09. The van der Waals surface area contributed by atoms with Gasteiger partial charge in [-0.05, 0) is 42.6 Å². The quantitative estimate of drug-likeness (QED) is 0.870. The molecule has 19 heavy (non-hydrogen) atoms. The first-order chi connectivity index (χ1) is 9.15. The van der Waals surface area contributed by atoms with Crippen molar-refractivity contribution < 1.29 is 4.79 Å². The lowest BCUT2D eigenvalue weighted by Crippen LogP contribution is -2.29. The van der Waals surface area contributed by atoms with Gasteiger partial charge in [-0.1, -0.05) is 22.0 Å². The van der Waals surface area contributed by atoms with Crippen LogP contribution in [-0.2, 0) is 4.79 Å². The van der Waals surface area contributed by atoms with Gasteiger partial charge in [0, 0.05) is 21.1 Å². The van der Waals surface area contributed by atoms with Gasteiger partial charge in [0.25, 0.3) is 0 Å². The van der Waals surface area contributed by atoms with Gasteiger partial charge in [-0.3, -0.25) is 4.79 Å². The number of halogens is 1. The van der Waals surface area contributed by atoms with Crippen molar-refractivity contribution in [1.29, 1.82) is 0 Å². The van der Waals surface area contributed by atoms with E-state index in [0.29, 0.717) is 6.54 Å². The van der Waals surface area contributed by atoms with Crippen molar-refractivity contribution in [3.05, 3.63) is 51.1 Å². The van der Waals surface area contributed by atoms with Gasteiger partial charge in [-0.2, -0.15) is 0 Å². The lowest BCUT2D eigenvalue weighted by atomic mass is 10.2. The van der Waals surface area contributed by atoms with Crippen LogP contribution in [0.3, 0.4) is 0 Å². The van der Waals surface area contributed by atoms with E-state index >= 15 is 0 Å². The van der Waals surface area contributed by atoms with Crippen LogP contribution in [0.4, 0.5) is 5.69 Å². The van der Waals surface area contributed by atoms with Crippen molar-refractivity contribution in [3.8, 4) is 0 Å². The molecule has 0 saturated heterocycles. The molecule has 1 atom stereocenters. The van der Waals surface area contributed by atoms with Gasteiger partial charge in [0.15, 0.2) is 0 Å². The summed E-state index contributed by atoms with van der Waals surface area (Å²) in [6.45, 7) is 2.36. The third-order valence-electron chi connectivity index (χ3n) is 2.67. The number of hydrogen-bond acceptors (Lipinski definition) is 3. The van der Waals surface area contributed by atoms with Crippen LogP contribution in [0.5, 0.6) is 0 Å². The minimum Gasteiger partial charge on any atom is -0.325 e. The van der Waals surface area contributed by atoms with E-state index in [9.17, 15) is 4.79 Å². The van der Waals surface area contributed by atoms with Crippen molar-refractivity contribution in [2.24, 2.45) is 0 Å². The average molecular weight is 339 g/mol. The van der Waals surface area contributed by atoms with Crippen LogP contribution >= 0.6 is 27.3 Å². The fourth-order valence-corrected chi connectivity index (χ4v) is 2.65. The van der Waals surface area contributed by atoms with Gasteiger partial charge in [-0.25, -0.2) is 0 Å². The molecule has 0 saturated carbocycles. The fraction of sp³-hybridized carbons (Fsp3) is 0.214. The second-order valence-corrected chi connectivity index (χ2v) is 6.07. The molecule has 1 aromatic heterocycles. The second-order valence-electron chi connectivity index (χ2n) is 4.17. The van der Waals surface area contributed by atoms with Crippen LogP contribution in [-0.4, -0.2) is 12.5 Å². The minimum atomic E-state index is -0.0364. The highest BCUT2D eigenvalue weighted by Gasteiger charge is 2.08. The number of rotatable bonds is 5. The molecule has 1 amide bonds. The standard InChI is InChI=1S/C14H15BrN2OS/c1-10(13-3-2-8-19-13)16-9-14(18)17-12-6-4-11(15)5-7-12/h2-8,10,16H,9H2,1H3,(H,17,18)/t10-/m0/s1. The van der Waals surface area contributed by atoms with E-state index in [0.717, 1.165) is 10.2 Å². The molecule has 0 radical (unpaired) electrons. The van der Waals surface area contributed by atoms with Gasteiger partial charge in [0.2, 0.25) is 5.91 Å². The van der Waals surface area contributed by atoms with Crippen LogP contribution in [0.15, 0.2) is 46.3 Å². The number of nitrogens with one attached hydrogen (secondary N) is 2. The number of anilines is 1. The van der Waals surface area contributed by atoms with E-state index in [1.165, 1.54) is 4.88 Å². The van der Waals surface area contributed by atoms with E-state index in [2.05, 4.69) is 39.6 Å². The van der Waals surface area contributed by atoms with Crippen LogP contribution in [0.2, 0.25) is 0 Å². The summed E-state index contributed by atoms with van der Waals surface area (Å²) >= 11 is 5.05. The zero-order valence-corrected chi connectivity index (χ0v) is 12.9. The SMILES string of the molecule is C[C@H](NCC(=O)Nc1ccc(Br)cc1)c1cccs1. The Morgan fingerprint density at radius 3 is 2.68 bits per heavy atom. The molecule has 3 nitrogen and oxygen atoms in total. The molecule has 1 aromatic carbocycles. The lowest BCUT2D eigenvalue weighted by Gasteiger charge is -2.12. The number of carbonyl (C=O) groups excluding carboxylic acids is 1. The summed E-state index contributed by atoms with van der Waals surface area (Å²) < 4.78 is 0.995. The molecule has 0 bridgehead atoms. The van der Waals surface area contributed by atoms with E-state index in [4.69, 9.17) is 0 Å².